The summed E-state index contributed by atoms with van der Waals surface area (Å²) >= 11 is 0. The first-order chi connectivity index (χ1) is 24.0. The Balaban J connectivity index is 3.70. The molecule has 0 saturated carbocycles. The van der Waals surface area contributed by atoms with Crippen LogP contribution in [0, 0.1) is 0 Å². The molecule has 0 aromatic carbocycles. The summed E-state index contributed by atoms with van der Waals surface area (Å²) in [5.41, 5.74) is 0. The van der Waals surface area contributed by atoms with Crippen molar-refractivity contribution in [2.45, 2.75) is 231 Å². The van der Waals surface area contributed by atoms with E-state index in [-0.39, 0.29) is 18.9 Å². The smallest absolute Gasteiger partial charge is 0.222 e. The molecule has 0 saturated heterocycles. The van der Waals surface area contributed by atoms with Crippen LogP contribution in [-0.4, -0.2) is 46.1 Å². The molecule has 4 N–H and O–H groups in total. The standard InChI is InChI=1S/C44H83NO4/c1-3-5-7-9-11-13-15-17-18-19-20-21-22-23-24-26-27-29-31-33-35-37-41(47)39-44(49)45-42(40-46)43(48)38-36-34-32-30-28-25-16-14-12-10-8-6-4-2/h23-24,28,30,36,38,41-43,46-48H,3-22,25-27,29,31-35,37,39-40H2,1-2H3,(H,45,49)/b24-23-,30-28+,38-36+. The summed E-state index contributed by atoms with van der Waals surface area (Å²) < 4.78 is 0. The minimum Gasteiger partial charge on any atom is -0.394 e. The molecule has 0 fully saturated rings. The highest BCUT2D eigenvalue weighted by Gasteiger charge is 2.20. The molecule has 49 heavy (non-hydrogen) atoms. The number of hydrogen-bond donors (Lipinski definition) is 4. The third-order valence-electron chi connectivity index (χ3n) is 9.65. The molecule has 5 heteroatoms. The van der Waals surface area contributed by atoms with Crippen molar-refractivity contribution < 1.29 is 20.1 Å². The Bertz CT molecular complexity index is 764. The molecule has 0 spiro atoms. The number of unbranched alkanes of at least 4 members (excludes halogenated alkanes) is 25. The van der Waals surface area contributed by atoms with E-state index in [9.17, 15) is 20.1 Å². The van der Waals surface area contributed by atoms with Crippen molar-refractivity contribution in [3.63, 3.8) is 0 Å². The van der Waals surface area contributed by atoms with Crippen LogP contribution >= 0.6 is 0 Å². The first kappa shape index (κ1) is 47.6. The molecule has 3 unspecified atom stereocenters. The van der Waals surface area contributed by atoms with Crippen molar-refractivity contribution in [2.24, 2.45) is 0 Å². The first-order valence-corrected chi connectivity index (χ1v) is 21.3. The average Bonchev–Trinajstić information content (AvgIpc) is 3.09. The maximum Gasteiger partial charge on any atom is 0.222 e. The van der Waals surface area contributed by atoms with Crippen LogP contribution in [0.15, 0.2) is 36.5 Å². The summed E-state index contributed by atoms with van der Waals surface area (Å²) in [6, 6.07) is -0.762. The topological polar surface area (TPSA) is 89.8 Å². The monoisotopic (exact) mass is 690 g/mol. The molecule has 0 aliphatic carbocycles. The SMILES string of the molecule is CCCCCCCCC/C=C/CC/C=C/C(O)C(CO)NC(=O)CC(O)CCCCCCC/C=C\CCCCCCCCCCCCCC. The summed E-state index contributed by atoms with van der Waals surface area (Å²) in [7, 11) is 0. The zero-order valence-corrected chi connectivity index (χ0v) is 32.6. The van der Waals surface area contributed by atoms with Gasteiger partial charge in [0.1, 0.15) is 0 Å². The third kappa shape index (κ3) is 36.2. The molecule has 3 atom stereocenters. The zero-order valence-electron chi connectivity index (χ0n) is 32.6. The van der Waals surface area contributed by atoms with E-state index < -0.39 is 18.2 Å². The van der Waals surface area contributed by atoms with Crippen molar-refractivity contribution in [3.8, 4) is 0 Å². The predicted octanol–water partition coefficient (Wildman–Crippen LogP) is 12.0. The fourth-order valence-electron chi connectivity index (χ4n) is 6.35. The van der Waals surface area contributed by atoms with Crippen LogP contribution in [0.1, 0.15) is 213 Å². The van der Waals surface area contributed by atoms with Gasteiger partial charge in [-0.1, -0.05) is 185 Å². The highest BCUT2D eigenvalue weighted by atomic mass is 16.3. The lowest BCUT2D eigenvalue weighted by Crippen LogP contribution is -2.45. The van der Waals surface area contributed by atoms with Gasteiger partial charge in [-0.25, -0.2) is 0 Å². The van der Waals surface area contributed by atoms with Crippen LogP contribution in [0.4, 0.5) is 0 Å². The van der Waals surface area contributed by atoms with Gasteiger partial charge < -0.3 is 20.6 Å². The molecule has 0 aliphatic heterocycles. The van der Waals surface area contributed by atoms with Gasteiger partial charge in [-0.15, -0.1) is 0 Å². The minimum absolute atomic E-state index is 0.000454. The molecule has 1 amide bonds. The van der Waals surface area contributed by atoms with Gasteiger partial charge in [0.2, 0.25) is 5.91 Å². The van der Waals surface area contributed by atoms with Gasteiger partial charge in [-0.3, -0.25) is 4.79 Å². The van der Waals surface area contributed by atoms with Crippen LogP contribution < -0.4 is 5.32 Å². The number of carbonyl (C=O) groups is 1. The number of hydrogen-bond acceptors (Lipinski definition) is 4. The average molecular weight is 690 g/mol. The summed E-state index contributed by atoms with van der Waals surface area (Å²) in [6.45, 7) is 4.19. The van der Waals surface area contributed by atoms with Crippen LogP contribution in [0.2, 0.25) is 0 Å². The predicted molar refractivity (Wildman–Crippen MR) is 213 cm³/mol. The lowest BCUT2D eigenvalue weighted by atomic mass is 10.0. The molecule has 288 valence electrons. The van der Waals surface area contributed by atoms with Gasteiger partial charge in [0, 0.05) is 0 Å². The molecule has 0 aliphatic rings. The van der Waals surface area contributed by atoms with Crippen molar-refractivity contribution in [3.05, 3.63) is 36.5 Å². The van der Waals surface area contributed by atoms with Crippen LogP contribution in [-0.2, 0) is 4.79 Å². The van der Waals surface area contributed by atoms with E-state index in [1.165, 1.54) is 141 Å². The lowest BCUT2D eigenvalue weighted by molar-refractivity contribution is -0.124. The van der Waals surface area contributed by atoms with Gasteiger partial charge in [-0.2, -0.15) is 0 Å². The summed E-state index contributed by atoms with van der Waals surface area (Å²) in [5, 5.41) is 33.1. The molecule has 0 bridgehead atoms. The molecular formula is C44H83NO4. The van der Waals surface area contributed by atoms with E-state index in [0.717, 1.165) is 44.9 Å². The maximum absolute atomic E-state index is 12.4. The number of allylic oxidation sites excluding steroid dienone is 5. The first-order valence-electron chi connectivity index (χ1n) is 21.3. The Hall–Kier alpha value is -1.43. The van der Waals surface area contributed by atoms with Crippen molar-refractivity contribution in [1.82, 2.24) is 5.32 Å². The summed E-state index contributed by atoms with van der Waals surface area (Å²) in [5.74, 6) is -0.331. The molecule has 5 nitrogen and oxygen atoms in total. The number of aliphatic hydroxyl groups excluding tert-OH is 3. The summed E-state index contributed by atoms with van der Waals surface area (Å²) in [4.78, 5) is 12.4. The number of carbonyl (C=O) groups excluding carboxylic acids is 1. The third-order valence-corrected chi connectivity index (χ3v) is 9.65. The summed E-state index contributed by atoms with van der Waals surface area (Å²) in [6.07, 6.45) is 48.6. The van der Waals surface area contributed by atoms with Gasteiger partial charge in [-0.05, 0) is 57.8 Å². The maximum atomic E-state index is 12.4. The molecule has 0 aromatic heterocycles. The Kier molecular flexibility index (Phi) is 38.2. The quantitative estimate of drug-likeness (QED) is 0.0384. The highest BCUT2D eigenvalue weighted by Crippen LogP contribution is 2.14. The van der Waals surface area contributed by atoms with Crippen molar-refractivity contribution in [2.75, 3.05) is 6.61 Å². The molecule has 0 heterocycles. The molecule has 0 aromatic rings. The van der Waals surface area contributed by atoms with E-state index in [0.29, 0.717) is 6.42 Å². The zero-order chi connectivity index (χ0) is 35.9. The van der Waals surface area contributed by atoms with Gasteiger partial charge in [0.05, 0.1) is 31.3 Å². The minimum atomic E-state index is -0.952. The Labute approximate surface area is 304 Å². The molecule has 0 rings (SSSR count). The van der Waals surface area contributed by atoms with Gasteiger partial charge >= 0.3 is 0 Å². The fourth-order valence-corrected chi connectivity index (χ4v) is 6.35. The van der Waals surface area contributed by atoms with E-state index in [1.807, 2.05) is 6.08 Å². The van der Waals surface area contributed by atoms with Crippen LogP contribution in [0.5, 0.6) is 0 Å². The van der Waals surface area contributed by atoms with Crippen LogP contribution in [0.25, 0.3) is 0 Å². The number of aliphatic hydroxyl groups is 3. The molecular weight excluding hydrogens is 606 g/mol. The number of rotatable bonds is 38. The second-order valence-corrected chi connectivity index (χ2v) is 14.6. The van der Waals surface area contributed by atoms with Gasteiger partial charge in [0.15, 0.2) is 0 Å². The number of amides is 1. The van der Waals surface area contributed by atoms with Gasteiger partial charge in [0.25, 0.3) is 0 Å². The second-order valence-electron chi connectivity index (χ2n) is 14.6. The van der Waals surface area contributed by atoms with E-state index in [4.69, 9.17) is 0 Å². The van der Waals surface area contributed by atoms with Crippen molar-refractivity contribution >= 4 is 5.91 Å². The van der Waals surface area contributed by atoms with E-state index in [2.05, 4.69) is 43.5 Å². The largest absolute Gasteiger partial charge is 0.394 e. The molecule has 0 radical (unpaired) electrons. The lowest BCUT2D eigenvalue weighted by Gasteiger charge is -2.20. The second kappa shape index (κ2) is 39.4. The Morgan fingerprint density at radius 2 is 0.878 bits per heavy atom. The normalized spacial score (nSPS) is 14.0. The Morgan fingerprint density at radius 1 is 0.510 bits per heavy atom. The van der Waals surface area contributed by atoms with E-state index in [1.54, 1.807) is 6.08 Å². The van der Waals surface area contributed by atoms with Crippen molar-refractivity contribution in [1.29, 1.82) is 0 Å². The van der Waals surface area contributed by atoms with Crippen LogP contribution in [0.3, 0.4) is 0 Å². The number of nitrogens with one attached hydrogen (secondary N) is 1. The highest BCUT2D eigenvalue weighted by molar-refractivity contribution is 5.76. The Morgan fingerprint density at radius 3 is 1.31 bits per heavy atom. The van der Waals surface area contributed by atoms with E-state index >= 15 is 0 Å². The fraction of sp³-hybridized carbons (Fsp3) is 0.841.